The van der Waals surface area contributed by atoms with E-state index >= 15 is 0 Å². The largest absolute Gasteiger partial charge is 0.465 e. The molecule has 0 aromatic carbocycles. The van der Waals surface area contributed by atoms with Crippen molar-refractivity contribution in [3.05, 3.63) is 0 Å². The van der Waals surface area contributed by atoms with Crippen LogP contribution in [0.2, 0.25) is 0 Å². The van der Waals surface area contributed by atoms with Crippen molar-refractivity contribution in [3.8, 4) is 6.07 Å². The maximum absolute atomic E-state index is 12.9. The first-order valence-electron chi connectivity index (χ1n) is 10.00. The van der Waals surface area contributed by atoms with Gasteiger partial charge in [0.15, 0.2) is 0 Å². The molecular formula is C19H30N4O6. The summed E-state index contributed by atoms with van der Waals surface area (Å²) in [7, 11) is 1.55. The average Bonchev–Trinajstić information content (AvgIpc) is 3.43. The van der Waals surface area contributed by atoms with Crippen molar-refractivity contribution in [2.75, 3.05) is 40.0 Å². The Labute approximate surface area is 170 Å². The smallest absolute Gasteiger partial charge is 0.408 e. The van der Waals surface area contributed by atoms with Crippen LogP contribution < -0.4 is 10.6 Å². The Hall–Kier alpha value is -2.38. The second-order valence-electron chi connectivity index (χ2n) is 7.48. The minimum absolute atomic E-state index is 0.0477. The third-order valence-electron chi connectivity index (χ3n) is 5.24. The van der Waals surface area contributed by atoms with E-state index in [2.05, 4.69) is 10.6 Å². The molecule has 0 aromatic rings. The summed E-state index contributed by atoms with van der Waals surface area (Å²) >= 11 is 0. The van der Waals surface area contributed by atoms with Crippen molar-refractivity contribution in [1.82, 2.24) is 15.5 Å². The van der Waals surface area contributed by atoms with E-state index in [1.165, 1.54) is 0 Å². The quantitative estimate of drug-likeness (QED) is 0.372. The molecule has 1 aliphatic heterocycles. The molecule has 0 bridgehead atoms. The standard InChI is InChI=1S/C19H30N4O6/c1-28-8-9-29-7-6-23(19(26)27)16(10-13-2-3-13)18(25)22-15(12-20)11-14-4-5-21-17(14)24/h13-16H,2-11H2,1H3,(H,21,24)(H,22,25)(H,26,27)/t14-,15-,16-/m0/s1. The summed E-state index contributed by atoms with van der Waals surface area (Å²) in [5.41, 5.74) is 0. The van der Waals surface area contributed by atoms with Gasteiger partial charge in [0.25, 0.3) is 0 Å². The summed E-state index contributed by atoms with van der Waals surface area (Å²) in [6, 6.07) is 0.292. The van der Waals surface area contributed by atoms with Crippen molar-refractivity contribution in [1.29, 1.82) is 5.26 Å². The highest BCUT2D eigenvalue weighted by Gasteiger charge is 2.37. The zero-order chi connectivity index (χ0) is 21.2. The minimum Gasteiger partial charge on any atom is -0.465 e. The molecule has 0 aromatic heterocycles. The van der Waals surface area contributed by atoms with E-state index in [-0.39, 0.29) is 31.4 Å². The number of nitrogens with one attached hydrogen (secondary N) is 2. The van der Waals surface area contributed by atoms with Gasteiger partial charge < -0.3 is 25.2 Å². The SMILES string of the molecule is COCCOCCN(C(=O)O)[C@@H](CC1CC1)C(=O)N[C@H](C#N)C[C@@H]1CCNC1=O. The number of carbonyl (C=O) groups excluding carboxylic acids is 2. The molecule has 1 heterocycles. The number of carbonyl (C=O) groups is 3. The van der Waals surface area contributed by atoms with Crippen LogP contribution in [-0.4, -0.2) is 80.0 Å². The van der Waals surface area contributed by atoms with Gasteiger partial charge in [-0.1, -0.05) is 12.8 Å². The molecule has 0 spiro atoms. The molecule has 10 heteroatoms. The maximum Gasteiger partial charge on any atom is 0.408 e. The van der Waals surface area contributed by atoms with Crippen molar-refractivity contribution in [2.45, 2.75) is 44.2 Å². The number of ether oxygens (including phenoxy) is 2. The molecule has 3 amide bonds. The second kappa shape index (κ2) is 11.6. The van der Waals surface area contributed by atoms with Gasteiger partial charge in [0, 0.05) is 26.1 Å². The highest BCUT2D eigenvalue weighted by molar-refractivity contribution is 5.86. The van der Waals surface area contributed by atoms with E-state index in [0.717, 1.165) is 17.7 Å². The Morgan fingerprint density at radius 2 is 2.07 bits per heavy atom. The van der Waals surface area contributed by atoms with Crippen LogP contribution in [0.4, 0.5) is 4.79 Å². The molecule has 10 nitrogen and oxygen atoms in total. The van der Waals surface area contributed by atoms with Crippen molar-refractivity contribution in [2.24, 2.45) is 11.8 Å². The molecule has 0 radical (unpaired) electrons. The Kier molecular flexibility index (Phi) is 9.15. The average molecular weight is 410 g/mol. The normalized spacial score (nSPS) is 20.4. The molecule has 3 N–H and O–H groups in total. The van der Waals surface area contributed by atoms with Crippen LogP contribution in [0, 0.1) is 23.2 Å². The molecule has 2 aliphatic rings. The van der Waals surface area contributed by atoms with E-state index in [0.29, 0.717) is 38.5 Å². The topological polar surface area (TPSA) is 141 Å². The van der Waals surface area contributed by atoms with Gasteiger partial charge in [0.1, 0.15) is 12.1 Å². The predicted octanol–water partition coefficient (Wildman–Crippen LogP) is 0.333. The van der Waals surface area contributed by atoms with Crippen molar-refractivity contribution >= 4 is 17.9 Å². The number of rotatable bonds is 13. The molecule has 0 unspecified atom stereocenters. The van der Waals surface area contributed by atoms with E-state index in [4.69, 9.17) is 9.47 Å². The molecule has 29 heavy (non-hydrogen) atoms. The number of nitriles is 1. The first-order chi connectivity index (χ1) is 14.0. The molecule has 2 rings (SSSR count). The van der Waals surface area contributed by atoms with E-state index in [1.807, 2.05) is 6.07 Å². The lowest BCUT2D eigenvalue weighted by atomic mass is 9.98. The van der Waals surface area contributed by atoms with Crippen LogP contribution in [0.3, 0.4) is 0 Å². The summed E-state index contributed by atoms with van der Waals surface area (Å²) < 4.78 is 10.2. The van der Waals surface area contributed by atoms with Gasteiger partial charge in [-0.15, -0.1) is 0 Å². The Bertz CT molecular complexity index is 618. The van der Waals surface area contributed by atoms with Gasteiger partial charge in [-0.05, 0) is 25.2 Å². The number of nitrogens with zero attached hydrogens (tertiary/aromatic N) is 2. The Morgan fingerprint density at radius 1 is 1.31 bits per heavy atom. The third kappa shape index (κ3) is 7.51. The lowest BCUT2D eigenvalue weighted by Crippen LogP contribution is -2.52. The highest BCUT2D eigenvalue weighted by Crippen LogP contribution is 2.35. The second-order valence-corrected chi connectivity index (χ2v) is 7.48. The Morgan fingerprint density at radius 3 is 2.62 bits per heavy atom. The van der Waals surface area contributed by atoms with Gasteiger partial charge in [0.2, 0.25) is 11.8 Å². The summed E-state index contributed by atoms with van der Waals surface area (Å²) in [5, 5.41) is 24.4. The number of hydrogen-bond acceptors (Lipinski definition) is 6. The predicted molar refractivity (Wildman–Crippen MR) is 102 cm³/mol. The van der Waals surface area contributed by atoms with Crippen LogP contribution >= 0.6 is 0 Å². The van der Waals surface area contributed by atoms with Crippen LogP contribution in [0.5, 0.6) is 0 Å². The number of amides is 3. The monoisotopic (exact) mass is 410 g/mol. The molecular weight excluding hydrogens is 380 g/mol. The van der Waals surface area contributed by atoms with Gasteiger partial charge in [-0.2, -0.15) is 5.26 Å². The molecule has 2 fully saturated rings. The maximum atomic E-state index is 12.9. The summed E-state index contributed by atoms with van der Waals surface area (Å²) in [4.78, 5) is 37.5. The van der Waals surface area contributed by atoms with E-state index in [9.17, 15) is 24.8 Å². The third-order valence-corrected chi connectivity index (χ3v) is 5.24. The minimum atomic E-state index is -1.20. The Balaban J connectivity index is 1.97. The highest BCUT2D eigenvalue weighted by atomic mass is 16.5. The molecule has 1 saturated carbocycles. The lowest BCUT2D eigenvalue weighted by molar-refractivity contribution is -0.128. The number of carboxylic acid groups (broad SMARTS) is 1. The number of hydrogen-bond donors (Lipinski definition) is 3. The zero-order valence-corrected chi connectivity index (χ0v) is 16.8. The molecule has 3 atom stereocenters. The first-order valence-corrected chi connectivity index (χ1v) is 10.00. The van der Waals surface area contributed by atoms with Crippen LogP contribution in [0.15, 0.2) is 0 Å². The van der Waals surface area contributed by atoms with Crippen LogP contribution in [0.25, 0.3) is 0 Å². The van der Waals surface area contributed by atoms with Crippen LogP contribution in [-0.2, 0) is 19.1 Å². The summed E-state index contributed by atoms with van der Waals surface area (Å²) in [5.74, 6) is -0.620. The fourth-order valence-electron chi connectivity index (χ4n) is 3.40. The number of methoxy groups -OCH3 is 1. The van der Waals surface area contributed by atoms with Gasteiger partial charge >= 0.3 is 6.09 Å². The van der Waals surface area contributed by atoms with Gasteiger partial charge in [-0.25, -0.2) is 4.79 Å². The summed E-state index contributed by atoms with van der Waals surface area (Å²) in [6.07, 6.45) is 1.98. The van der Waals surface area contributed by atoms with Crippen molar-refractivity contribution < 1.29 is 29.0 Å². The molecule has 162 valence electrons. The van der Waals surface area contributed by atoms with Crippen LogP contribution in [0.1, 0.15) is 32.1 Å². The van der Waals surface area contributed by atoms with E-state index in [1.54, 1.807) is 7.11 Å². The fraction of sp³-hybridized carbons (Fsp3) is 0.789. The van der Waals surface area contributed by atoms with Crippen molar-refractivity contribution in [3.63, 3.8) is 0 Å². The van der Waals surface area contributed by atoms with Gasteiger partial charge in [0.05, 0.1) is 25.9 Å². The summed E-state index contributed by atoms with van der Waals surface area (Å²) in [6.45, 7) is 1.50. The molecule has 1 saturated heterocycles. The first kappa shape index (κ1) is 22.9. The fourth-order valence-corrected chi connectivity index (χ4v) is 3.40. The lowest BCUT2D eigenvalue weighted by Gasteiger charge is -2.29. The van der Waals surface area contributed by atoms with Gasteiger partial charge in [-0.3, -0.25) is 14.5 Å². The zero-order valence-electron chi connectivity index (χ0n) is 16.8. The van der Waals surface area contributed by atoms with E-state index < -0.39 is 24.1 Å². The molecule has 1 aliphatic carbocycles.